The van der Waals surface area contributed by atoms with Crippen LogP contribution < -0.4 is 5.73 Å². The summed E-state index contributed by atoms with van der Waals surface area (Å²) in [5.41, 5.74) is 7.90. The number of aromatic nitrogens is 2. The molecule has 0 amide bonds. The van der Waals surface area contributed by atoms with Gasteiger partial charge in [-0.15, -0.1) is 0 Å². The van der Waals surface area contributed by atoms with Crippen molar-refractivity contribution in [2.75, 3.05) is 18.9 Å². The molecule has 1 aromatic heterocycles. The molecular formula is C13H19N3O. The molecule has 17 heavy (non-hydrogen) atoms. The molecule has 0 saturated carbocycles. The maximum atomic E-state index is 5.89. The molecule has 0 spiro atoms. The maximum absolute atomic E-state index is 5.89. The smallest absolute Gasteiger partial charge is 0.201 e. The van der Waals surface area contributed by atoms with Gasteiger partial charge in [0.2, 0.25) is 5.95 Å². The van der Waals surface area contributed by atoms with Crippen LogP contribution in [0.5, 0.6) is 0 Å². The van der Waals surface area contributed by atoms with Crippen LogP contribution >= 0.6 is 0 Å². The summed E-state index contributed by atoms with van der Waals surface area (Å²) in [6.45, 7) is 6.48. The third kappa shape index (κ3) is 2.77. The summed E-state index contributed by atoms with van der Waals surface area (Å²) < 4.78 is 7.56. The Morgan fingerprint density at radius 3 is 2.88 bits per heavy atom. The highest BCUT2D eigenvalue weighted by molar-refractivity contribution is 5.78. The van der Waals surface area contributed by atoms with Crippen molar-refractivity contribution in [2.24, 2.45) is 5.92 Å². The number of nitrogens with two attached hydrogens (primary N) is 1. The van der Waals surface area contributed by atoms with Crippen LogP contribution in [0.2, 0.25) is 0 Å². The Morgan fingerprint density at radius 2 is 2.12 bits per heavy atom. The van der Waals surface area contributed by atoms with Crippen LogP contribution in [0.15, 0.2) is 24.3 Å². The highest BCUT2D eigenvalue weighted by atomic mass is 16.5. The van der Waals surface area contributed by atoms with Gasteiger partial charge in [-0.2, -0.15) is 0 Å². The van der Waals surface area contributed by atoms with E-state index in [-0.39, 0.29) is 0 Å². The van der Waals surface area contributed by atoms with Crippen LogP contribution in [0, 0.1) is 5.92 Å². The Kier molecular flexibility index (Phi) is 3.64. The van der Waals surface area contributed by atoms with Crippen LogP contribution in [0.25, 0.3) is 11.0 Å². The van der Waals surface area contributed by atoms with Gasteiger partial charge in [0.15, 0.2) is 0 Å². The monoisotopic (exact) mass is 233 g/mol. The van der Waals surface area contributed by atoms with Crippen molar-refractivity contribution in [1.82, 2.24) is 9.55 Å². The van der Waals surface area contributed by atoms with Crippen LogP contribution in [0.3, 0.4) is 0 Å². The van der Waals surface area contributed by atoms with Crippen LogP contribution in [-0.4, -0.2) is 22.8 Å². The van der Waals surface area contributed by atoms with Gasteiger partial charge >= 0.3 is 0 Å². The maximum Gasteiger partial charge on any atom is 0.201 e. The first-order chi connectivity index (χ1) is 8.18. The molecule has 1 aromatic carbocycles. The fraction of sp³-hybridized carbons (Fsp3) is 0.462. The lowest BCUT2D eigenvalue weighted by atomic mass is 10.2. The normalized spacial score (nSPS) is 11.5. The van der Waals surface area contributed by atoms with Gasteiger partial charge in [-0.3, -0.25) is 0 Å². The van der Waals surface area contributed by atoms with Gasteiger partial charge in [0.1, 0.15) is 0 Å². The molecule has 4 nitrogen and oxygen atoms in total. The van der Waals surface area contributed by atoms with E-state index in [9.17, 15) is 0 Å². The summed E-state index contributed by atoms with van der Waals surface area (Å²) in [7, 11) is 0. The molecule has 92 valence electrons. The second-order valence-electron chi connectivity index (χ2n) is 4.58. The van der Waals surface area contributed by atoms with E-state index in [0.29, 0.717) is 18.5 Å². The number of hydrogen-bond acceptors (Lipinski definition) is 3. The van der Waals surface area contributed by atoms with Gasteiger partial charge in [-0.1, -0.05) is 26.0 Å². The Labute approximate surface area is 101 Å². The van der Waals surface area contributed by atoms with Gasteiger partial charge in [-0.05, 0) is 18.1 Å². The first-order valence-electron chi connectivity index (χ1n) is 5.97. The lowest BCUT2D eigenvalue weighted by molar-refractivity contribution is 0.104. The van der Waals surface area contributed by atoms with Crippen molar-refractivity contribution in [3.8, 4) is 0 Å². The summed E-state index contributed by atoms with van der Waals surface area (Å²) in [6.07, 6.45) is 0. The van der Waals surface area contributed by atoms with Gasteiger partial charge in [-0.25, -0.2) is 4.98 Å². The molecule has 0 aliphatic rings. The molecule has 1 heterocycles. The minimum absolute atomic E-state index is 0.555. The second kappa shape index (κ2) is 5.19. The van der Waals surface area contributed by atoms with E-state index >= 15 is 0 Å². The first kappa shape index (κ1) is 11.9. The quantitative estimate of drug-likeness (QED) is 0.806. The van der Waals surface area contributed by atoms with Gasteiger partial charge in [0.25, 0.3) is 0 Å². The van der Waals surface area contributed by atoms with E-state index in [0.717, 1.165) is 24.2 Å². The second-order valence-corrected chi connectivity index (χ2v) is 4.58. The minimum Gasteiger partial charge on any atom is -0.379 e. The van der Waals surface area contributed by atoms with E-state index in [1.54, 1.807) is 0 Å². The molecule has 0 saturated heterocycles. The molecule has 2 aromatic rings. The third-order valence-electron chi connectivity index (χ3n) is 2.59. The molecule has 0 radical (unpaired) electrons. The molecule has 0 fully saturated rings. The van der Waals surface area contributed by atoms with Crippen LogP contribution in [-0.2, 0) is 11.3 Å². The topological polar surface area (TPSA) is 53.1 Å². The molecule has 0 unspecified atom stereocenters. The molecular weight excluding hydrogens is 214 g/mol. The van der Waals surface area contributed by atoms with E-state index in [1.165, 1.54) is 0 Å². The summed E-state index contributed by atoms with van der Waals surface area (Å²) in [6, 6.07) is 7.96. The summed E-state index contributed by atoms with van der Waals surface area (Å²) >= 11 is 0. The first-order valence-corrected chi connectivity index (χ1v) is 5.97. The van der Waals surface area contributed by atoms with Crippen LogP contribution in [0.1, 0.15) is 13.8 Å². The number of nitrogens with zero attached hydrogens (tertiary/aromatic N) is 2. The predicted molar refractivity (Wildman–Crippen MR) is 69.8 cm³/mol. The molecule has 4 heteroatoms. The number of hydrogen-bond donors (Lipinski definition) is 1. The third-order valence-corrected chi connectivity index (χ3v) is 2.59. The molecule has 0 bridgehead atoms. The zero-order chi connectivity index (χ0) is 12.3. The van der Waals surface area contributed by atoms with E-state index in [1.807, 2.05) is 28.8 Å². The summed E-state index contributed by atoms with van der Waals surface area (Å²) in [5, 5.41) is 0. The van der Waals surface area contributed by atoms with Crippen molar-refractivity contribution in [3.05, 3.63) is 24.3 Å². The number of anilines is 1. The fourth-order valence-corrected chi connectivity index (χ4v) is 1.80. The SMILES string of the molecule is CC(C)COCCn1c(N)nc2ccccc21. The lowest BCUT2D eigenvalue weighted by Crippen LogP contribution is -2.11. The number of nitrogen functional groups attached to an aromatic ring is 1. The largest absolute Gasteiger partial charge is 0.379 e. The van der Waals surface area contributed by atoms with Crippen molar-refractivity contribution < 1.29 is 4.74 Å². The highest BCUT2D eigenvalue weighted by Crippen LogP contribution is 2.16. The number of rotatable bonds is 5. The van der Waals surface area contributed by atoms with Gasteiger partial charge < -0.3 is 15.0 Å². The highest BCUT2D eigenvalue weighted by Gasteiger charge is 2.06. The average Bonchev–Trinajstić information content (AvgIpc) is 2.60. The average molecular weight is 233 g/mol. The van der Waals surface area contributed by atoms with Crippen LogP contribution in [0.4, 0.5) is 5.95 Å². The Hall–Kier alpha value is -1.55. The van der Waals surface area contributed by atoms with E-state index in [2.05, 4.69) is 18.8 Å². The van der Waals surface area contributed by atoms with Gasteiger partial charge in [0, 0.05) is 13.2 Å². The number of benzene rings is 1. The van der Waals surface area contributed by atoms with Gasteiger partial charge in [0.05, 0.1) is 17.6 Å². The summed E-state index contributed by atoms with van der Waals surface area (Å²) in [4.78, 5) is 4.31. The standard InChI is InChI=1S/C13H19N3O/c1-10(2)9-17-8-7-16-12-6-4-3-5-11(12)15-13(16)14/h3-6,10H,7-9H2,1-2H3,(H2,14,15). The zero-order valence-corrected chi connectivity index (χ0v) is 10.4. The Bertz CT molecular complexity index is 490. The van der Waals surface area contributed by atoms with E-state index in [4.69, 9.17) is 10.5 Å². The molecule has 2 rings (SSSR count). The summed E-state index contributed by atoms with van der Waals surface area (Å²) in [5.74, 6) is 1.12. The Balaban J connectivity index is 2.05. The molecule has 0 atom stereocenters. The number of imidazole rings is 1. The van der Waals surface area contributed by atoms with Crippen molar-refractivity contribution >= 4 is 17.0 Å². The number of ether oxygens (including phenoxy) is 1. The zero-order valence-electron chi connectivity index (χ0n) is 10.4. The van der Waals surface area contributed by atoms with Crippen molar-refractivity contribution in [2.45, 2.75) is 20.4 Å². The number of para-hydroxylation sites is 2. The van der Waals surface area contributed by atoms with Crippen molar-refractivity contribution in [3.63, 3.8) is 0 Å². The molecule has 0 aliphatic carbocycles. The predicted octanol–water partition coefficient (Wildman–Crippen LogP) is 2.29. The van der Waals surface area contributed by atoms with E-state index < -0.39 is 0 Å². The lowest BCUT2D eigenvalue weighted by Gasteiger charge is -2.09. The minimum atomic E-state index is 0.555. The Morgan fingerprint density at radius 1 is 1.35 bits per heavy atom. The molecule has 0 aliphatic heterocycles. The fourth-order valence-electron chi connectivity index (χ4n) is 1.80. The number of fused-ring (bicyclic) bond motifs is 1. The van der Waals surface area contributed by atoms with Crippen molar-refractivity contribution in [1.29, 1.82) is 0 Å². The molecule has 2 N–H and O–H groups in total.